The lowest BCUT2D eigenvalue weighted by Gasteiger charge is -2.45. The highest BCUT2D eigenvalue weighted by molar-refractivity contribution is 7.90. The minimum Gasteiger partial charge on any atom is -0.376 e. The Morgan fingerprint density at radius 2 is 2.07 bits per heavy atom. The zero-order valence-corrected chi connectivity index (χ0v) is 17.3. The van der Waals surface area contributed by atoms with Crippen molar-refractivity contribution >= 4 is 15.9 Å². The number of amides is 1. The highest BCUT2D eigenvalue weighted by Gasteiger charge is 2.50. The number of ether oxygens (including phenoxy) is 2. The average Bonchev–Trinajstić information content (AvgIpc) is 3.25. The second kappa shape index (κ2) is 7.33. The summed E-state index contributed by atoms with van der Waals surface area (Å²) in [5, 5.41) is 2.76. The van der Waals surface area contributed by atoms with Gasteiger partial charge in [-0.15, -0.1) is 0 Å². The van der Waals surface area contributed by atoms with E-state index in [0.29, 0.717) is 39.0 Å². The Bertz CT molecular complexity index is 867. The molecule has 5 rings (SSSR count). The van der Waals surface area contributed by atoms with Gasteiger partial charge in [0.05, 0.1) is 17.9 Å². The molecule has 1 aromatic rings. The van der Waals surface area contributed by atoms with Gasteiger partial charge in [0.25, 0.3) is 5.91 Å². The molecule has 3 aliphatic heterocycles. The number of sulfonamides is 1. The predicted molar refractivity (Wildman–Crippen MR) is 104 cm³/mol. The van der Waals surface area contributed by atoms with Crippen LogP contribution in [0.2, 0.25) is 0 Å². The molecule has 1 spiro atoms. The molecule has 0 radical (unpaired) electrons. The zero-order valence-electron chi connectivity index (χ0n) is 16.5. The lowest BCUT2D eigenvalue weighted by atomic mass is 9.89. The number of carbonyl (C=O) groups excluding carboxylic acids is 1. The van der Waals surface area contributed by atoms with Gasteiger partial charge in [-0.25, -0.2) is 17.7 Å². The first-order valence-corrected chi connectivity index (χ1v) is 12.1. The number of imidazole rings is 1. The van der Waals surface area contributed by atoms with Crippen molar-refractivity contribution in [3.8, 4) is 0 Å². The molecular weight excluding hydrogens is 396 g/mol. The van der Waals surface area contributed by atoms with Crippen LogP contribution >= 0.6 is 0 Å². The third-order valence-electron chi connectivity index (χ3n) is 6.51. The van der Waals surface area contributed by atoms with Crippen LogP contribution in [0.3, 0.4) is 0 Å². The quantitative estimate of drug-likeness (QED) is 0.732. The second-order valence-electron chi connectivity index (χ2n) is 8.53. The standard InChI is InChI=1S/C19H28N4O5S/c24-17(21-12-14-2-1-11-27-14)16-13-22-10-7-20-18(22)19(28-16)5-8-23(9-6-19)29(25,26)15-3-4-15/h7,10,14-16H,1-6,8-9,11-13H2,(H,21,24). The first-order valence-electron chi connectivity index (χ1n) is 10.6. The molecule has 2 unspecified atom stereocenters. The van der Waals surface area contributed by atoms with Crippen molar-refractivity contribution in [1.82, 2.24) is 19.2 Å². The molecule has 1 saturated carbocycles. The largest absolute Gasteiger partial charge is 0.376 e. The van der Waals surface area contributed by atoms with Gasteiger partial charge in [-0.3, -0.25) is 4.79 Å². The molecule has 4 heterocycles. The maximum Gasteiger partial charge on any atom is 0.251 e. The molecular formula is C19H28N4O5S. The molecule has 10 heteroatoms. The van der Waals surface area contributed by atoms with Crippen LogP contribution < -0.4 is 5.32 Å². The van der Waals surface area contributed by atoms with Crippen molar-refractivity contribution < 1.29 is 22.7 Å². The number of nitrogens with one attached hydrogen (secondary N) is 1. The molecule has 29 heavy (non-hydrogen) atoms. The Kier molecular flexibility index (Phi) is 4.92. The molecule has 1 N–H and O–H groups in total. The van der Waals surface area contributed by atoms with E-state index in [1.807, 2.05) is 10.8 Å². The van der Waals surface area contributed by atoms with Gasteiger partial charge in [0.2, 0.25) is 10.0 Å². The first kappa shape index (κ1) is 19.5. The Hall–Kier alpha value is -1.49. The molecule has 0 bridgehead atoms. The average molecular weight is 425 g/mol. The summed E-state index contributed by atoms with van der Waals surface area (Å²) in [6, 6.07) is 0. The number of fused-ring (bicyclic) bond motifs is 2. The Morgan fingerprint density at radius 1 is 1.28 bits per heavy atom. The number of hydrogen-bond acceptors (Lipinski definition) is 6. The fourth-order valence-corrected chi connectivity index (χ4v) is 6.53. The summed E-state index contributed by atoms with van der Waals surface area (Å²) in [4.78, 5) is 17.3. The van der Waals surface area contributed by atoms with Gasteiger partial charge >= 0.3 is 0 Å². The van der Waals surface area contributed by atoms with Crippen LogP contribution in [0.15, 0.2) is 12.4 Å². The lowest BCUT2D eigenvalue weighted by molar-refractivity contribution is -0.171. The third-order valence-corrected chi connectivity index (χ3v) is 8.91. The van der Waals surface area contributed by atoms with Crippen molar-refractivity contribution in [1.29, 1.82) is 0 Å². The van der Waals surface area contributed by atoms with E-state index in [9.17, 15) is 13.2 Å². The summed E-state index contributed by atoms with van der Waals surface area (Å²) in [6.07, 6.45) is 7.58. The van der Waals surface area contributed by atoms with Gasteiger partial charge in [0, 0.05) is 38.6 Å². The Morgan fingerprint density at radius 3 is 2.76 bits per heavy atom. The van der Waals surface area contributed by atoms with E-state index in [4.69, 9.17) is 9.47 Å². The first-order chi connectivity index (χ1) is 14.0. The predicted octanol–water partition coefficient (Wildman–Crippen LogP) is 0.360. The third kappa shape index (κ3) is 3.60. The van der Waals surface area contributed by atoms with Gasteiger partial charge in [0.1, 0.15) is 11.4 Å². The van der Waals surface area contributed by atoms with Crippen molar-refractivity contribution in [2.75, 3.05) is 26.2 Å². The summed E-state index contributed by atoms with van der Waals surface area (Å²) in [6.45, 7) is 2.46. The molecule has 3 fully saturated rings. The molecule has 1 aliphatic carbocycles. The molecule has 0 aromatic carbocycles. The fourth-order valence-electron chi connectivity index (χ4n) is 4.69. The van der Waals surface area contributed by atoms with Gasteiger partial charge in [-0.2, -0.15) is 0 Å². The number of nitrogens with zero attached hydrogens (tertiary/aromatic N) is 3. The monoisotopic (exact) mass is 424 g/mol. The number of carbonyl (C=O) groups is 1. The number of aromatic nitrogens is 2. The zero-order chi connectivity index (χ0) is 20.1. The summed E-state index contributed by atoms with van der Waals surface area (Å²) in [5.74, 6) is 0.649. The maximum absolute atomic E-state index is 12.8. The molecule has 2 saturated heterocycles. The van der Waals surface area contributed by atoms with E-state index >= 15 is 0 Å². The summed E-state index contributed by atoms with van der Waals surface area (Å²) >= 11 is 0. The lowest BCUT2D eigenvalue weighted by Crippen LogP contribution is -2.55. The van der Waals surface area contributed by atoms with Gasteiger partial charge in [0.15, 0.2) is 6.10 Å². The van der Waals surface area contributed by atoms with Crippen LogP contribution in [0.4, 0.5) is 0 Å². The summed E-state index contributed by atoms with van der Waals surface area (Å²) in [5.41, 5.74) is -0.719. The van der Waals surface area contributed by atoms with Gasteiger partial charge in [-0.1, -0.05) is 0 Å². The molecule has 2 atom stereocenters. The Labute approximate surface area is 170 Å². The second-order valence-corrected chi connectivity index (χ2v) is 10.7. The topological polar surface area (TPSA) is 103 Å². The van der Waals surface area contributed by atoms with E-state index < -0.39 is 21.7 Å². The van der Waals surface area contributed by atoms with E-state index in [1.165, 1.54) is 0 Å². The molecule has 4 aliphatic rings. The normalized spacial score (nSPS) is 29.7. The highest BCUT2D eigenvalue weighted by atomic mass is 32.2. The van der Waals surface area contributed by atoms with Gasteiger partial charge in [-0.05, 0) is 38.5 Å². The molecule has 1 amide bonds. The van der Waals surface area contributed by atoms with Crippen molar-refractivity contribution in [3.63, 3.8) is 0 Å². The van der Waals surface area contributed by atoms with E-state index in [0.717, 1.165) is 38.1 Å². The number of hydrogen-bond donors (Lipinski definition) is 1. The SMILES string of the molecule is O=C(NCC1CCCO1)C1Cn2ccnc2C2(CCN(S(=O)(=O)C3CC3)CC2)O1. The van der Waals surface area contributed by atoms with Crippen LogP contribution in [0.25, 0.3) is 0 Å². The van der Waals surface area contributed by atoms with Crippen molar-refractivity contribution in [3.05, 3.63) is 18.2 Å². The van der Waals surface area contributed by atoms with Crippen molar-refractivity contribution in [2.45, 2.75) is 68.1 Å². The van der Waals surface area contributed by atoms with Crippen LogP contribution in [0.5, 0.6) is 0 Å². The summed E-state index contributed by atoms with van der Waals surface area (Å²) in [7, 11) is -3.20. The Balaban J connectivity index is 1.29. The molecule has 160 valence electrons. The maximum atomic E-state index is 12.8. The van der Waals surface area contributed by atoms with E-state index in [2.05, 4.69) is 10.3 Å². The highest BCUT2D eigenvalue weighted by Crippen LogP contribution is 2.42. The van der Waals surface area contributed by atoms with Crippen LogP contribution in [0.1, 0.15) is 44.3 Å². The smallest absolute Gasteiger partial charge is 0.251 e. The van der Waals surface area contributed by atoms with Crippen LogP contribution in [0, 0.1) is 0 Å². The van der Waals surface area contributed by atoms with E-state index in [1.54, 1.807) is 10.5 Å². The van der Waals surface area contributed by atoms with Crippen LogP contribution in [-0.2, 0) is 36.4 Å². The minimum atomic E-state index is -3.20. The number of rotatable bonds is 5. The van der Waals surface area contributed by atoms with Crippen LogP contribution in [-0.4, -0.2) is 71.9 Å². The number of piperidine rings is 1. The van der Waals surface area contributed by atoms with Crippen molar-refractivity contribution in [2.24, 2.45) is 0 Å². The summed E-state index contributed by atoms with van der Waals surface area (Å²) < 4.78 is 40.7. The molecule has 1 aromatic heterocycles. The van der Waals surface area contributed by atoms with E-state index in [-0.39, 0.29) is 17.3 Å². The minimum absolute atomic E-state index is 0.0798. The van der Waals surface area contributed by atoms with Gasteiger partial charge < -0.3 is 19.4 Å². The fraction of sp³-hybridized carbons (Fsp3) is 0.789. The molecule has 9 nitrogen and oxygen atoms in total.